The normalized spacial score (nSPS) is 10.5. The predicted octanol–water partition coefficient (Wildman–Crippen LogP) is 3.10. The van der Waals surface area contributed by atoms with Gasteiger partial charge in [0.1, 0.15) is 0 Å². The van der Waals surface area contributed by atoms with Crippen molar-refractivity contribution < 1.29 is 4.74 Å². The Kier molecular flexibility index (Phi) is 2.94. The Morgan fingerprint density at radius 3 is 2.64 bits per heavy atom. The number of ether oxygens (including phenoxy) is 1. The molecule has 1 aromatic heterocycles. The minimum absolute atomic E-state index is 0.290. The van der Waals surface area contributed by atoms with E-state index in [4.69, 9.17) is 4.74 Å². The Morgan fingerprint density at radius 1 is 1.45 bits per heavy atom. The molecule has 0 amide bonds. The molecule has 1 aromatic rings. The fourth-order valence-corrected chi connectivity index (χ4v) is 1.76. The van der Waals surface area contributed by atoms with E-state index in [-0.39, 0.29) is 0 Å². The number of hydrogen-bond acceptors (Lipinski definition) is 2. The summed E-state index contributed by atoms with van der Waals surface area (Å²) in [6.45, 7) is 6.25. The average molecular weight is 170 g/mol. The number of aryl methyl sites for hydroxylation is 1. The second kappa shape index (κ2) is 3.77. The smallest absolute Gasteiger partial charge is 0.174 e. The van der Waals surface area contributed by atoms with Crippen molar-refractivity contribution >= 4 is 11.3 Å². The molecular formula is C9H14OS. The summed E-state index contributed by atoms with van der Waals surface area (Å²) >= 11 is 1.74. The monoisotopic (exact) mass is 170 g/mol. The highest BCUT2D eigenvalue weighted by atomic mass is 32.1. The van der Waals surface area contributed by atoms with E-state index in [0.29, 0.717) is 6.10 Å². The summed E-state index contributed by atoms with van der Waals surface area (Å²) in [7, 11) is 0. The first-order valence-electron chi connectivity index (χ1n) is 3.97. The minimum Gasteiger partial charge on any atom is -0.481 e. The zero-order valence-corrected chi connectivity index (χ0v) is 8.07. The summed E-state index contributed by atoms with van der Waals surface area (Å²) in [4.78, 5) is 1.39. The summed E-state index contributed by atoms with van der Waals surface area (Å²) in [6, 6.07) is 4.17. The predicted molar refractivity (Wildman–Crippen MR) is 49.5 cm³/mol. The van der Waals surface area contributed by atoms with Gasteiger partial charge >= 0.3 is 0 Å². The van der Waals surface area contributed by atoms with Gasteiger partial charge in [-0.1, -0.05) is 6.92 Å². The van der Waals surface area contributed by atoms with E-state index in [0.717, 1.165) is 11.5 Å². The maximum Gasteiger partial charge on any atom is 0.174 e. The molecule has 0 aliphatic rings. The molecule has 0 aliphatic carbocycles. The number of rotatable bonds is 3. The molecule has 0 N–H and O–H groups in total. The van der Waals surface area contributed by atoms with Gasteiger partial charge in [-0.15, -0.1) is 11.3 Å². The Hall–Kier alpha value is -0.500. The first-order valence-corrected chi connectivity index (χ1v) is 4.79. The summed E-state index contributed by atoms with van der Waals surface area (Å²) in [5.41, 5.74) is 0. The molecule has 11 heavy (non-hydrogen) atoms. The molecule has 0 spiro atoms. The zero-order valence-electron chi connectivity index (χ0n) is 7.26. The molecule has 0 bridgehead atoms. The first-order chi connectivity index (χ1) is 5.22. The fourth-order valence-electron chi connectivity index (χ4n) is 0.844. The van der Waals surface area contributed by atoms with E-state index >= 15 is 0 Å². The lowest BCUT2D eigenvalue weighted by atomic mass is 10.4. The van der Waals surface area contributed by atoms with Crippen LogP contribution in [0, 0.1) is 0 Å². The van der Waals surface area contributed by atoms with Gasteiger partial charge in [0.15, 0.2) is 5.06 Å². The Bertz CT molecular complexity index is 215. The van der Waals surface area contributed by atoms with Crippen molar-refractivity contribution in [3.8, 4) is 5.06 Å². The van der Waals surface area contributed by atoms with E-state index in [1.54, 1.807) is 11.3 Å². The third-order valence-corrected chi connectivity index (χ3v) is 2.46. The molecule has 0 atom stereocenters. The Balaban J connectivity index is 2.58. The average Bonchev–Trinajstić information content (AvgIpc) is 2.34. The molecule has 62 valence electrons. The highest BCUT2D eigenvalue weighted by Crippen LogP contribution is 2.25. The van der Waals surface area contributed by atoms with Gasteiger partial charge in [0.25, 0.3) is 0 Å². The molecule has 2 heteroatoms. The van der Waals surface area contributed by atoms with Gasteiger partial charge in [0, 0.05) is 4.88 Å². The van der Waals surface area contributed by atoms with E-state index in [9.17, 15) is 0 Å². The molecule has 0 unspecified atom stereocenters. The van der Waals surface area contributed by atoms with Crippen LogP contribution in [0.4, 0.5) is 0 Å². The maximum atomic E-state index is 5.52. The van der Waals surface area contributed by atoms with Crippen molar-refractivity contribution in [3.63, 3.8) is 0 Å². The summed E-state index contributed by atoms with van der Waals surface area (Å²) < 4.78 is 5.52. The van der Waals surface area contributed by atoms with E-state index in [1.807, 2.05) is 19.9 Å². The highest BCUT2D eigenvalue weighted by Gasteiger charge is 2.00. The molecule has 0 saturated heterocycles. The third-order valence-electron chi connectivity index (χ3n) is 1.34. The van der Waals surface area contributed by atoms with Crippen LogP contribution in [0.5, 0.6) is 5.06 Å². The van der Waals surface area contributed by atoms with Gasteiger partial charge in [-0.2, -0.15) is 0 Å². The maximum absolute atomic E-state index is 5.52. The highest BCUT2D eigenvalue weighted by molar-refractivity contribution is 7.13. The van der Waals surface area contributed by atoms with Gasteiger partial charge in [0.05, 0.1) is 6.10 Å². The van der Waals surface area contributed by atoms with Crippen LogP contribution in [0.3, 0.4) is 0 Å². The SMILES string of the molecule is CCc1ccc(OC(C)C)s1. The van der Waals surface area contributed by atoms with Crippen LogP contribution in [0.2, 0.25) is 0 Å². The second-order valence-corrected chi connectivity index (χ2v) is 3.87. The van der Waals surface area contributed by atoms with Crippen molar-refractivity contribution in [2.45, 2.75) is 33.3 Å². The Morgan fingerprint density at radius 2 is 2.18 bits per heavy atom. The van der Waals surface area contributed by atoms with Crippen LogP contribution in [-0.2, 0) is 6.42 Å². The van der Waals surface area contributed by atoms with Crippen molar-refractivity contribution in [2.24, 2.45) is 0 Å². The largest absolute Gasteiger partial charge is 0.481 e. The van der Waals surface area contributed by atoms with E-state index in [1.165, 1.54) is 4.88 Å². The second-order valence-electron chi connectivity index (χ2n) is 2.74. The minimum atomic E-state index is 0.290. The summed E-state index contributed by atoms with van der Waals surface area (Å²) in [5, 5.41) is 1.04. The summed E-state index contributed by atoms with van der Waals surface area (Å²) in [6.07, 6.45) is 1.39. The number of thiophene rings is 1. The quantitative estimate of drug-likeness (QED) is 0.677. The molecule has 0 fully saturated rings. The van der Waals surface area contributed by atoms with Gasteiger partial charge in [-0.3, -0.25) is 0 Å². The molecule has 0 aromatic carbocycles. The van der Waals surface area contributed by atoms with Crippen LogP contribution in [0.1, 0.15) is 25.6 Å². The van der Waals surface area contributed by atoms with Gasteiger partial charge in [0.2, 0.25) is 0 Å². The van der Waals surface area contributed by atoms with Crippen LogP contribution in [0.25, 0.3) is 0 Å². The van der Waals surface area contributed by atoms with Crippen LogP contribution >= 0.6 is 11.3 Å². The van der Waals surface area contributed by atoms with Gasteiger partial charge in [-0.05, 0) is 32.4 Å². The van der Waals surface area contributed by atoms with Crippen molar-refractivity contribution in [1.29, 1.82) is 0 Å². The fraction of sp³-hybridized carbons (Fsp3) is 0.556. The van der Waals surface area contributed by atoms with Crippen molar-refractivity contribution in [3.05, 3.63) is 17.0 Å². The molecule has 1 nitrogen and oxygen atoms in total. The Labute approximate surface area is 72.0 Å². The molecule has 0 radical (unpaired) electrons. The standard InChI is InChI=1S/C9H14OS/c1-4-8-5-6-9(11-8)10-7(2)3/h5-7H,4H2,1-3H3. The lowest BCUT2D eigenvalue weighted by molar-refractivity contribution is 0.250. The third kappa shape index (κ3) is 2.54. The van der Waals surface area contributed by atoms with E-state index in [2.05, 4.69) is 13.0 Å². The molecule has 0 aliphatic heterocycles. The first kappa shape index (κ1) is 8.60. The molecule has 1 rings (SSSR count). The van der Waals surface area contributed by atoms with Gasteiger partial charge < -0.3 is 4.74 Å². The summed E-state index contributed by atoms with van der Waals surface area (Å²) in [5.74, 6) is 0. The zero-order chi connectivity index (χ0) is 8.27. The van der Waals surface area contributed by atoms with Crippen molar-refractivity contribution in [1.82, 2.24) is 0 Å². The molecule has 1 heterocycles. The van der Waals surface area contributed by atoms with Crippen molar-refractivity contribution in [2.75, 3.05) is 0 Å². The van der Waals surface area contributed by atoms with Gasteiger partial charge in [-0.25, -0.2) is 0 Å². The topological polar surface area (TPSA) is 9.23 Å². The van der Waals surface area contributed by atoms with Crippen LogP contribution in [0.15, 0.2) is 12.1 Å². The number of hydrogen-bond donors (Lipinski definition) is 0. The lowest BCUT2D eigenvalue weighted by Crippen LogP contribution is -2.03. The molecule has 0 saturated carbocycles. The van der Waals surface area contributed by atoms with Crippen LogP contribution < -0.4 is 4.74 Å². The van der Waals surface area contributed by atoms with Crippen LogP contribution in [-0.4, -0.2) is 6.10 Å². The van der Waals surface area contributed by atoms with E-state index < -0.39 is 0 Å². The molecular weight excluding hydrogens is 156 g/mol. The lowest BCUT2D eigenvalue weighted by Gasteiger charge is -2.05.